The number of para-hydroxylation sites is 2. The van der Waals surface area contributed by atoms with Crippen LogP contribution in [0.5, 0.6) is 0 Å². The molecule has 39 heavy (non-hydrogen) atoms. The predicted octanol–water partition coefficient (Wildman–Crippen LogP) is 4.41. The first kappa shape index (κ1) is 27.8. The number of nitrogens with one attached hydrogen (secondary N) is 2. The minimum absolute atomic E-state index is 0.0534. The Kier molecular flexibility index (Phi) is 8.28. The molecule has 11 heteroatoms. The summed E-state index contributed by atoms with van der Waals surface area (Å²) in [5.74, 6) is 0.0523. The van der Waals surface area contributed by atoms with Gasteiger partial charge in [0.05, 0.1) is 22.1 Å². The Morgan fingerprint density at radius 2 is 2.00 bits per heavy atom. The van der Waals surface area contributed by atoms with Gasteiger partial charge in [0.25, 0.3) is 11.8 Å². The molecule has 2 amide bonds. The predicted molar refractivity (Wildman–Crippen MR) is 153 cm³/mol. The number of thiophene rings is 1. The average molecular weight is 545 g/mol. The molecule has 1 aromatic carbocycles. The second kappa shape index (κ2) is 11.6. The molecule has 4 N–H and O–H groups in total. The van der Waals surface area contributed by atoms with Crippen LogP contribution in [0.2, 0.25) is 0 Å². The number of nitrogens with two attached hydrogens (primary N) is 1. The van der Waals surface area contributed by atoms with Crippen LogP contribution in [0.25, 0.3) is 21.5 Å². The zero-order chi connectivity index (χ0) is 28.2. The topological polar surface area (TPSA) is 146 Å². The largest absolute Gasteiger partial charge is 0.337 e. The van der Waals surface area contributed by atoms with E-state index in [1.54, 1.807) is 37.2 Å². The van der Waals surface area contributed by atoms with Crippen molar-refractivity contribution in [3.8, 4) is 16.5 Å². The van der Waals surface area contributed by atoms with E-state index in [-0.39, 0.29) is 23.3 Å². The van der Waals surface area contributed by atoms with Crippen molar-refractivity contribution in [3.05, 3.63) is 65.3 Å². The minimum atomic E-state index is -0.754. The van der Waals surface area contributed by atoms with Gasteiger partial charge in [0.15, 0.2) is 0 Å². The number of carbonyl (C=O) groups is 2. The summed E-state index contributed by atoms with van der Waals surface area (Å²) in [7, 11) is 0. The fourth-order valence-corrected chi connectivity index (χ4v) is 5.20. The molecule has 0 spiro atoms. The van der Waals surface area contributed by atoms with E-state index >= 15 is 0 Å². The molecule has 4 heterocycles. The van der Waals surface area contributed by atoms with Crippen molar-refractivity contribution in [2.24, 2.45) is 11.7 Å². The van der Waals surface area contributed by atoms with Crippen molar-refractivity contribution in [1.29, 1.82) is 5.26 Å². The third kappa shape index (κ3) is 6.25. The Morgan fingerprint density at radius 3 is 2.67 bits per heavy atom. The fourth-order valence-electron chi connectivity index (χ4n) is 4.31. The van der Waals surface area contributed by atoms with Gasteiger partial charge in [0.2, 0.25) is 5.95 Å². The van der Waals surface area contributed by atoms with Gasteiger partial charge in [-0.25, -0.2) is 4.98 Å². The second-order valence-electron chi connectivity index (χ2n) is 9.71. The molecule has 0 bridgehead atoms. The number of aromatic amines is 1. The lowest BCUT2D eigenvalue weighted by atomic mass is 9.97. The fraction of sp³-hybridized carbons (Fsp3) is 0.321. The molecule has 10 nitrogen and oxygen atoms in total. The van der Waals surface area contributed by atoms with Crippen molar-refractivity contribution in [2.45, 2.75) is 39.8 Å². The number of rotatable bonds is 7. The lowest BCUT2D eigenvalue weighted by Gasteiger charge is -2.39. The normalized spacial score (nSPS) is 13.8. The van der Waals surface area contributed by atoms with E-state index < -0.39 is 5.54 Å². The lowest BCUT2D eigenvalue weighted by Crippen LogP contribution is -2.52. The van der Waals surface area contributed by atoms with E-state index in [0.717, 1.165) is 21.5 Å². The number of benzene rings is 1. The third-order valence-electron chi connectivity index (χ3n) is 6.04. The van der Waals surface area contributed by atoms with Gasteiger partial charge in [0.1, 0.15) is 11.6 Å². The first-order valence-electron chi connectivity index (χ1n) is 12.8. The van der Waals surface area contributed by atoms with E-state index in [9.17, 15) is 14.9 Å². The molecule has 0 saturated carbocycles. The van der Waals surface area contributed by atoms with Crippen LogP contribution in [0.4, 0.5) is 5.95 Å². The number of imidazole rings is 1. The minimum Gasteiger partial charge on any atom is -0.337 e. The SMILES string of the molecule is CC.CC(C)(N)/C=C(\C#N)C(=O)N1CC(Cn2c(NC(=O)c3ccc(-c4cn[nH]c4)s3)nc3ccccc32)C1. The van der Waals surface area contributed by atoms with Crippen LogP contribution >= 0.6 is 11.3 Å². The Hall–Kier alpha value is -4.27. The van der Waals surface area contributed by atoms with Crippen LogP contribution in [0.3, 0.4) is 0 Å². The second-order valence-corrected chi connectivity index (χ2v) is 10.8. The Morgan fingerprint density at radius 1 is 1.26 bits per heavy atom. The standard InChI is InChI=1S/C26H26N8O2S.C2H6/c1-26(2,28)9-17(10-27)24(36)33-13-16(14-33)15-34-20-6-4-3-5-19(20)31-25(34)32-23(35)22-8-7-21(37-22)18-11-29-30-12-18;1-2/h3-9,11-12,16H,13-15,28H2,1-2H3,(H,29,30)(H,31,32,35);1-2H3/b17-9+;. The molecular formula is C28H32N8O2S. The van der Waals surface area contributed by atoms with Crippen LogP contribution in [-0.4, -0.2) is 55.1 Å². The number of anilines is 1. The summed E-state index contributed by atoms with van der Waals surface area (Å²) in [6, 6.07) is 13.3. The third-order valence-corrected chi connectivity index (χ3v) is 7.18. The van der Waals surface area contributed by atoms with Crippen molar-refractivity contribution in [1.82, 2.24) is 24.6 Å². The van der Waals surface area contributed by atoms with Gasteiger partial charge >= 0.3 is 0 Å². The summed E-state index contributed by atoms with van der Waals surface area (Å²) in [4.78, 5) is 33.6. The van der Waals surface area contributed by atoms with Crippen LogP contribution < -0.4 is 11.1 Å². The highest BCUT2D eigenvalue weighted by Gasteiger charge is 2.34. The van der Waals surface area contributed by atoms with Crippen LogP contribution in [0, 0.1) is 17.2 Å². The van der Waals surface area contributed by atoms with Gasteiger partial charge in [-0.1, -0.05) is 26.0 Å². The average Bonchev–Trinajstić information content (AvgIpc) is 3.65. The first-order valence-corrected chi connectivity index (χ1v) is 13.6. The summed E-state index contributed by atoms with van der Waals surface area (Å²) in [6.45, 7) is 9.05. The molecule has 4 aromatic rings. The highest BCUT2D eigenvalue weighted by Crippen LogP contribution is 2.29. The van der Waals surface area contributed by atoms with E-state index in [1.807, 2.05) is 54.8 Å². The number of H-pyrrole nitrogens is 1. The number of hydrogen-bond donors (Lipinski definition) is 3. The molecule has 1 aliphatic rings. The van der Waals surface area contributed by atoms with Crippen molar-refractivity contribution >= 4 is 40.1 Å². The number of aromatic nitrogens is 4. The van der Waals surface area contributed by atoms with Crippen LogP contribution in [0.15, 0.2) is 60.4 Å². The maximum atomic E-state index is 13.1. The summed E-state index contributed by atoms with van der Waals surface area (Å²) in [5.41, 5.74) is 7.85. The number of carbonyl (C=O) groups excluding carboxylic acids is 2. The van der Waals surface area contributed by atoms with Crippen LogP contribution in [0.1, 0.15) is 37.4 Å². The maximum absolute atomic E-state index is 13.1. The highest BCUT2D eigenvalue weighted by molar-refractivity contribution is 7.17. The van der Waals surface area contributed by atoms with Gasteiger partial charge in [-0.2, -0.15) is 10.4 Å². The monoisotopic (exact) mass is 544 g/mol. The summed E-state index contributed by atoms with van der Waals surface area (Å²) in [5, 5.41) is 19.1. The van der Waals surface area contributed by atoms with Crippen molar-refractivity contribution < 1.29 is 9.59 Å². The van der Waals surface area contributed by atoms with Gasteiger partial charge in [0, 0.05) is 47.7 Å². The molecule has 0 unspecified atom stereocenters. The highest BCUT2D eigenvalue weighted by atomic mass is 32.1. The lowest BCUT2D eigenvalue weighted by molar-refractivity contribution is -0.133. The molecule has 202 valence electrons. The Balaban J connectivity index is 0.00000172. The maximum Gasteiger partial charge on any atom is 0.268 e. The van der Waals surface area contributed by atoms with E-state index in [1.165, 1.54) is 17.4 Å². The van der Waals surface area contributed by atoms with Gasteiger partial charge < -0.3 is 15.2 Å². The zero-order valence-electron chi connectivity index (χ0n) is 22.4. The first-order chi connectivity index (χ1) is 18.7. The summed E-state index contributed by atoms with van der Waals surface area (Å²) in [6.07, 6.45) is 5.00. The van der Waals surface area contributed by atoms with Gasteiger partial charge in [-0.05, 0) is 44.2 Å². The van der Waals surface area contributed by atoms with Crippen molar-refractivity contribution in [3.63, 3.8) is 0 Å². The van der Waals surface area contributed by atoms with E-state index in [2.05, 4.69) is 20.5 Å². The number of fused-ring (bicyclic) bond motifs is 1. The Bertz CT molecular complexity index is 1530. The molecule has 0 radical (unpaired) electrons. The van der Waals surface area contributed by atoms with E-state index in [0.29, 0.717) is 30.5 Å². The Labute approximate surface area is 231 Å². The number of hydrogen-bond acceptors (Lipinski definition) is 7. The van der Waals surface area contributed by atoms with Gasteiger partial charge in [-0.3, -0.25) is 20.0 Å². The number of amides is 2. The summed E-state index contributed by atoms with van der Waals surface area (Å²) < 4.78 is 1.98. The van der Waals surface area contributed by atoms with Crippen molar-refractivity contribution in [2.75, 3.05) is 18.4 Å². The molecule has 3 aromatic heterocycles. The molecular weight excluding hydrogens is 512 g/mol. The zero-order valence-corrected chi connectivity index (χ0v) is 23.2. The quantitative estimate of drug-likeness (QED) is 0.232. The smallest absolute Gasteiger partial charge is 0.268 e. The van der Waals surface area contributed by atoms with Crippen LogP contribution in [-0.2, 0) is 11.3 Å². The van der Waals surface area contributed by atoms with E-state index in [4.69, 9.17) is 5.73 Å². The summed E-state index contributed by atoms with van der Waals surface area (Å²) >= 11 is 1.38. The number of likely N-dealkylation sites (tertiary alicyclic amines) is 1. The molecule has 1 saturated heterocycles. The molecule has 1 fully saturated rings. The number of nitrogens with zero attached hydrogens (tertiary/aromatic N) is 5. The molecule has 1 aliphatic heterocycles. The molecule has 5 rings (SSSR count). The number of nitriles is 1. The molecule has 0 atom stereocenters. The molecule has 0 aliphatic carbocycles. The van der Waals surface area contributed by atoms with Gasteiger partial charge in [-0.15, -0.1) is 11.3 Å².